The van der Waals surface area contributed by atoms with E-state index < -0.39 is 4.92 Å². The number of halogens is 1. The third-order valence-corrected chi connectivity index (χ3v) is 2.65. The van der Waals surface area contributed by atoms with Gasteiger partial charge in [0.05, 0.1) is 11.1 Å². The molecule has 0 aliphatic rings. The summed E-state index contributed by atoms with van der Waals surface area (Å²) in [6.45, 7) is 1.99. The molecule has 1 aromatic rings. The summed E-state index contributed by atoms with van der Waals surface area (Å²) < 4.78 is 0. The number of carbonyl (C=O) groups excluding carboxylic acids is 1. The van der Waals surface area contributed by atoms with Crippen LogP contribution in [0.15, 0.2) is 23.3 Å². The zero-order valence-corrected chi connectivity index (χ0v) is 11.2. The number of amides is 1. The van der Waals surface area contributed by atoms with Crippen LogP contribution < -0.4 is 5.43 Å². The number of rotatable bonds is 6. The maximum absolute atomic E-state index is 11.3. The fraction of sp³-hybridized carbons (Fsp3) is 0.333. The Morgan fingerprint density at radius 1 is 1.58 bits per heavy atom. The first-order valence-electron chi connectivity index (χ1n) is 5.80. The van der Waals surface area contributed by atoms with Crippen LogP contribution in [0.3, 0.4) is 0 Å². The Hall–Kier alpha value is -1.95. The summed E-state index contributed by atoms with van der Waals surface area (Å²) >= 11 is 5.68. The normalized spacial score (nSPS) is 10.6. The molecule has 0 heterocycles. The number of nitrogens with one attached hydrogen (secondary N) is 1. The second-order valence-corrected chi connectivity index (χ2v) is 4.27. The van der Waals surface area contributed by atoms with Gasteiger partial charge in [0.25, 0.3) is 5.69 Å². The standard InChI is InChI=1S/C12H14ClN3O3/c1-2-3-4-12(17)15-14-8-9-5-6-10(13)11(7-9)16(18)19/h5-8H,2-4H2,1H3,(H,15,17). The maximum Gasteiger partial charge on any atom is 0.288 e. The highest BCUT2D eigenvalue weighted by atomic mass is 35.5. The van der Waals surface area contributed by atoms with Gasteiger partial charge < -0.3 is 0 Å². The Morgan fingerprint density at radius 3 is 2.95 bits per heavy atom. The molecule has 0 aromatic heterocycles. The lowest BCUT2D eigenvalue weighted by atomic mass is 10.2. The van der Waals surface area contributed by atoms with Gasteiger partial charge in [0.1, 0.15) is 5.02 Å². The van der Waals surface area contributed by atoms with Gasteiger partial charge in [0, 0.05) is 18.1 Å². The van der Waals surface area contributed by atoms with Crippen LogP contribution in [0, 0.1) is 10.1 Å². The number of nitrogens with zero attached hydrogens (tertiary/aromatic N) is 2. The number of hydrogen-bond donors (Lipinski definition) is 1. The molecule has 0 fully saturated rings. The molecule has 1 N–H and O–H groups in total. The Balaban J connectivity index is 2.64. The Kier molecular flexibility index (Phi) is 5.95. The number of nitro groups is 1. The lowest BCUT2D eigenvalue weighted by Crippen LogP contribution is -2.16. The highest BCUT2D eigenvalue weighted by molar-refractivity contribution is 6.32. The fourth-order valence-corrected chi connectivity index (χ4v) is 1.51. The van der Waals surface area contributed by atoms with Crippen molar-refractivity contribution in [2.75, 3.05) is 0 Å². The molecule has 0 aliphatic heterocycles. The molecule has 0 spiro atoms. The maximum atomic E-state index is 11.3. The third kappa shape index (κ3) is 5.05. The Bertz CT molecular complexity index is 503. The number of hydrazone groups is 1. The predicted octanol–water partition coefficient (Wildman–Crippen LogP) is 2.89. The van der Waals surface area contributed by atoms with Crippen LogP contribution in [0.5, 0.6) is 0 Å². The quantitative estimate of drug-likeness (QED) is 0.495. The Labute approximate surface area is 115 Å². The molecule has 6 nitrogen and oxygen atoms in total. The van der Waals surface area contributed by atoms with Gasteiger partial charge in [-0.2, -0.15) is 5.10 Å². The lowest BCUT2D eigenvalue weighted by molar-refractivity contribution is -0.384. The topological polar surface area (TPSA) is 84.6 Å². The highest BCUT2D eigenvalue weighted by Crippen LogP contribution is 2.24. The minimum Gasteiger partial charge on any atom is -0.273 e. The number of benzene rings is 1. The fourth-order valence-electron chi connectivity index (χ4n) is 1.32. The van der Waals surface area contributed by atoms with Crippen molar-refractivity contribution in [3.63, 3.8) is 0 Å². The molecule has 0 radical (unpaired) electrons. The Morgan fingerprint density at radius 2 is 2.32 bits per heavy atom. The third-order valence-electron chi connectivity index (χ3n) is 2.33. The van der Waals surface area contributed by atoms with Gasteiger partial charge >= 0.3 is 0 Å². The molecule has 19 heavy (non-hydrogen) atoms. The first kappa shape index (κ1) is 15.1. The van der Waals surface area contributed by atoms with Crippen LogP contribution in [0.2, 0.25) is 5.02 Å². The van der Waals surface area contributed by atoms with Crippen LogP contribution in [0.25, 0.3) is 0 Å². The zero-order chi connectivity index (χ0) is 14.3. The van der Waals surface area contributed by atoms with E-state index in [9.17, 15) is 14.9 Å². The molecule has 1 amide bonds. The van der Waals surface area contributed by atoms with E-state index in [4.69, 9.17) is 11.6 Å². The summed E-state index contributed by atoms with van der Waals surface area (Å²) in [6, 6.07) is 4.29. The van der Waals surface area contributed by atoms with Gasteiger partial charge in [0.15, 0.2) is 0 Å². The van der Waals surface area contributed by atoms with Crippen molar-refractivity contribution < 1.29 is 9.72 Å². The molecular formula is C12H14ClN3O3. The van der Waals surface area contributed by atoms with E-state index in [0.29, 0.717) is 12.0 Å². The van der Waals surface area contributed by atoms with Gasteiger partial charge in [-0.05, 0) is 12.5 Å². The van der Waals surface area contributed by atoms with Crippen molar-refractivity contribution in [2.45, 2.75) is 26.2 Å². The van der Waals surface area contributed by atoms with E-state index in [1.165, 1.54) is 18.3 Å². The smallest absolute Gasteiger partial charge is 0.273 e. The van der Waals surface area contributed by atoms with Gasteiger partial charge in [0.2, 0.25) is 5.91 Å². The number of unbranched alkanes of at least 4 members (excludes halogenated alkanes) is 1. The zero-order valence-electron chi connectivity index (χ0n) is 10.4. The number of nitro benzene ring substituents is 1. The average Bonchev–Trinajstić information content (AvgIpc) is 2.38. The summed E-state index contributed by atoms with van der Waals surface area (Å²) in [7, 11) is 0. The van der Waals surface area contributed by atoms with Crippen molar-refractivity contribution in [1.29, 1.82) is 0 Å². The van der Waals surface area contributed by atoms with Crippen LogP contribution in [0.4, 0.5) is 5.69 Å². The molecule has 0 bridgehead atoms. The molecule has 0 saturated heterocycles. The van der Waals surface area contributed by atoms with Crippen molar-refractivity contribution in [3.05, 3.63) is 38.9 Å². The minimum absolute atomic E-state index is 0.0640. The van der Waals surface area contributed by atoms with E-state index in [2.05, 4.69) is 10.5 Å². The molecule has 1 aromatic carbocycles. The molecular weight excluding hydrogens is 270 g/mol. The summed E-state index contributed by atoms with van der Waals surface area (Å²) in [4.78, 5) is 21.4. The van der Waals surface area contributed by atoms with E-state index in [1.54, 1.807) is 6.07 Å². The van der Waals surface area contributed by atoms with Crippen molar-refractivity contribution in [3.8, 4) is 0 Å². The molecule has 0 saturated carbocycles. The van der Waals surface area contributed by atoms with Crippen LogP contribution >= 0.6 is 11.6 Å². The lowest BCUT2D eigenvalue weighted by Gasteiger charge is -1.99. The first-order valence-corrected chi connectivity index (χ1v) is 6.18. The summed E-state index contributed by atoms with van der Waals surface area (Å²) in [5, 5.41) is 14.5. The van der Waals surface area contributed by atoms with Gasteiger partial charge in [-0.1, -0.05) is 31.0 Å². The molecule has 0 atom stereocenters. The predicted molar refractivity (Wildman–Crippen MR) is 73.4 cm³/mol. The van der Waals surface area contributed by atoms with E-state index in [-0.39, 0.29) is 16.6 Å². The van der Waals surface area contributed by atoms with Gasteiger partial charge in [-0.25, -0.2) is 5.43 Å². The van der Waals surface area contributed by atoms with Crippen LogP contribution in [0.1, 0.15) is 31.7 Å². The summed E-state index contributed by atoms with van der Waals surface area (Å²) in [5.74, 6) is -0.179. The number of carbonyl (C=O) groups is 1. The van der Waals surface area contributed by atoms with Crippen molar-refractivity contribution in [1.82, 2.24) is 5.43 Å². The molecule has 0 aliphatic carbocycles. The molecule has 7 heteroatoms. The summed E-state index contributed by atoms with van der Waals surface area (Å²) in [6.07, 6.45) is 3.48. The van der Waals surface area contributed by atoms with Crippen molar-refractivity contribution >= 4 is 29.4 Å². The summed E-state index contributed by atoms with van der Waals surface area (Å²) in [5.41, 5.74) is 2.66. The SMILES string of the molecule is CCCCC(=O)NN=Cc1ccc(Cl)c([N+](=O)[O-])c1. The first-order chi connectivity index (χ1) is 9.04. The van der Waals surface area contributed by atoms with Crippen LogP contribution in [-0.4, -0.2) is 17.0 Å². The second kappa shape index (κ2) is 7.48. The average molecular weight is 284 g/mol. The minimum atomic E-state index is -0.570. The largest absolute Gasteiger partial charge is 0.288 e. The number of hydrogen-bond acceptors (Lipinski definition) is 4. The van der Waals surface area contributed by atoms with Crippen molar-refractivity contribution in [2.24, 2.45) is 5.10 Å². The second-order valence-electron chi connectivity index (χ2n) is 3.86. The monoisotopic (exact) mass is 283 g/mol. The molecule has 1 rings (SSSR count). The van der Waals surface area contributed by atoms with E-state index in [1.807, 2.05) is 6.92 Å². The highest BCUT2D eigenvalue weighted by Gasteiger charge is 2.11. The van der Waals surface area contributed by atoms with E-state index >= 15 is 0 Å². The van der Waals surface area contributed by atoms with Gasteiger partial charge in [-0.15, -0.1) is 0 Å². The molecule has 102 valence electrons. The molecule has 0 unspecified atom stereocenters. The van der Waals surface area contributed by atoms with Crippen LogP contribution in [-0.2, 0) is 4.79 Å². The van der Waals surface area contributed by atoms with Gasteiger partial charge in [-0.3, -0.25) is 14.9 Å². The van der Waals surface area contributed by atoms with E-state index in [0.717, 1.165) is 12.8 Å².